The highest BCUT2D eigenvalue weighted by Gasteiger charge is 2.32. The van der Waals surface area contributed by atoms with Crippen LogP contribution in [0.4, 0.5) is 17.6 Å². The van der Waals surface area contributed by atoms with Gasteiger partial charge in [-0.1, -0.05) is 0 Å². The molecule has 0 saturated carbocycles. The standard InChI is InChI=1S/C10H7F4NO/c11-7-3-1-6(2-4-7)8(16)5-9(15)10(12,13)14/h1-5H,15H2/b9-5+. The molecule has 6 heteroatoms. The van der Waals surface area contributed by atoms with Crippen LogP contribution < -0.4 is 5.73 Å². The summed E-state index contributed by atoms with van der Waals surface area (Å²) in [5, 5.41) is 0. The molecule has 0 atom stereocenters. The van der Waals surface area contributed by atoms with Crippen LogP contribution in [0.5, 0.6) is 0 Å². The smallest absolute Gasteiger partial charge is 0.395 e. The Labute approximate surface area is 88.4 Å². The molecule has 0 saturated heterocycles. The van der Waals surface area contributed by atoms with Crippen LogP contribution in [-0.2, 0) is 0 Å². The van der Waals surface area contributed by atoms with Gasteiger partial charge in [-0.3, -0.25) is 4.79 Å². The molecule has 0 spiro atoms. The Kier molecular flexibility index (Phi) is 3.31. The van der Waals surface area contributed by atoms with Gasteiger partial charge in [0.15, 0.2) is 5.78 Å². The van der Waals surface area contributed by atoms with Crippen molar-refractivity contribution in [2.45, 2.75) is 6.18 Å². The van der Waals surface area contributed by atoms with Crippen molar-refractivity contribution in [3.05, 3.63) is 47.4 Å². The van der Waals surface area contributed by atoms with Gasteiger partial charge < -0.3 is 5.73 Å². The highest BCUT2D eigenvalue weighted by molar-refractivity contribution is 6.04. The van der Waals surface area contributed by atoms with Crippen molar-refractivity contribution >= 4 is 5.78 Å². The summed E-state index contributed by atoms with van der Waals surface area (Å²) in [6.45, 7) is 0. The summed E-state index contributed by atoms with van der Waals surface area (Å²) < 4.78 is 48.4. The largest absolute Gasteiger partial charge is 0.430 e. The van der Waals surface area contributed by atoms with E-state index in [1.165, 1.54) is 0 Å². The van der Waals surface area contributed by atoms with Crippen LogP contribution in [0.1, 0.15) is 10.4 Å². The Morgan fingerprint density at radius 2 is 1.69 bits per heavy atom. The number of ketones is 1. The van der Waals surface area contributed by atoms with E-state index < -0.39 is 23.5 Å². The number of rotatable bonds is 2. The van der Waals surface area contributed by atoms with Gasteiger partial charge in [0.1, 0.15) is 11.5 Å². The normalized spacial score (nSPS) is 12.6. The number of hydrogen-bond donors (Lipinski definition) is 1. The zero-order valence-electron chi connectivity index (χ0n) is 7.88. The van der Waals surface area contributed by atoms with Gasteiger partial charge in [0, 0.05) is 11.6 Å². The molecule has 1 aromatic rings. The fourth-order valence-corrected chi connectivity index (χ4v) is 0.921. The summed E-state index contributed by atoms with van der Waals surface area (Å²) in [4.78, 5) is 11.2. The number of alkyl halides is 3. The molecule has 2 nitrogen and oxygen atoms in total. The van der Waals surface area contributed by atoms with E-state index in [4.69, 9.17) is 0 Å². The van der Waals surface area contributed by atoms with E-state index >= 15 is 0 Å². The number of carbonyl (C=O) groups excluding carboxylic acids is 1. The summed E-state index contributed by atoms with van der Waals surface area (Å²) in [6, 6.07) is 4.12. The van der Waals surface area contributed by atoms with E-state index in [0.29, 0.717) is 0 Å². The SMILES string of the molecule is N/C(=C/C(=O)c1ccc(F)cc1)C(F)(F)F. The Balaban J connectivity index is 2.92. The van der Waals surface area contributed by atoms with Crippen molar-refractivity contribution in [1.82, 2.24) is 0 Å². The second kappa shape index (κ2) is 4.34. The molecule has 0 radical (unpaired) electrons. The molecule has 0 amide bonds. The van der Waals surface area contributed by atoms with Crippen LogP contribution in [-0.4, -0.2) is 12.0 Å². The number of halogens is 4. The Morgan fingerprint density at radius 3 is 2.12 bits per heavy atom. The van der Waals surface area contributed by atoms with Crippen LogP contribution in [0.15, 0.2) is 36.0 Å². The number of benzene rings is 1. The summed E-state index contributed by atoms with van der Waals surface area (Å²) in [7, 11) is 0. The molecule has 0 aromatic heterocycles. The van der Waals surface area contributed by atoms with Crippen LogP contribution in [0.2, 0.25) is 0 Å². The maximum Gasteiger partial charge on any atom is 0.430 e. The number of nitrogens with two attached hydrogens (primary N) is 1. The van der Waals surface area contributed by atoms with Gasteiger partial charge in [-0.05, 0) is 24.3 Å². The lowest BCUT2D eigenvalue weighted by Crippen LogP contribution is -2.20. The lowest BCUT2D eigenvalue weighted by molar-refractivity contribution is -0.0927. The maximum atomic E-state index is 12.5. The molecule has 0 aliphatic heterocycles. The van der Waals surface area contributed by atoms with Gasteiger partial charge in [0.05, 0.1) is 0 Å². The van der Waals surface area contributed by atoms with Crippen LogP contribution in [0, 0.1) is 5.82 Å². The van der Waals surface area contributed by atoms with E-state index in [1.807, 2.05) is 0 Å². The average Bonchev–Trinajstić information content (AvgIpc) is 2.17. The highest BCUT2D eigenvalue weighted by Crippen LogP contribution is 2.21. The molecule has 0 unspecified atom stereocenters. The summed E-state index contributed by atoms with van der Waals surface area (Å²) in [5.41, 5.74) is 3.11. The van der Waals surface area contributed by atoms with Gasteiger partial charge in [0.2, 0.25) is 0 Å². The third kappa shape index (κ3) is 3.08. The van der Waals surface area contributed by atoms with Crippen molar-refractivity contribution in [3.8, 4) is 0 Å². The Hall–Kier alpha value is -1.85. The maximum absolute atomic E-state index is 12.5. The molecular weight excluding hydrogens is 226 g/mol. The molecular formula is C10H7F4NO. The van der Waals surface area contributed by atoms with Gasteiger partial charge >= 0.3 is 6.18 Å². The third-order valence-corrected chi connectivity index (χ3v) is 1.74. The lowest BCUT2D eigenvalue weighted by Gasteiger charge is -2.05. The second-order valence-corrected chi connectivity index (χ2v) is 2.97. The van der Waals surface area contributed by atoms with E-state index in [0.717, 1.165) is 24.3 Å². The zero-order valence-corrected chi connectivity index (χ0v) is 7.88. The van der Waals surface area contributed by atoms with Gasteiger partial charge in [-0.25, -0.2) is 4.39 Å². The molecule has 1 aromatic carbocycles. The number of allylic oxidation sites excluding steroid dienone is 2. The number of hydrogen-bond acceptors (Lipinski definition) is 2. The van der Waals surface area contributed by atoms with Crippen LogP contribution in [0.3, 0.4) is 0 Å². The molecule has 86 valence electrons. The van der Waals surface area contributed by atoms with Crippen molar-refractivity contribution in [3.63, 3.8) is 0 Å². The fraction of sp³-hybridized carbons (Fsp3) is 0.100. The fourth-order valence-electron chi connectivity index (χ4n) is 0.921. The molecule has 0 heterocycles. The van der Waals surface area contributed by atoms with Crippen molar-refractivity contribution in [2.24, 2.45) is 5.73 Å². The third-order valence-electron chi connectivity index (χ3n) is 1.74. The molecule has 0 aliphatic rings. The summed E-state index contributed by atoms with van der Waals surface area (Å²) in [6.07, 6.45) is -4.47. The van der Waals surface area contributed by atoms with Crippen LogP contribution in [0.25, 0.3) is 0 Å². The minimum Gasteiger partial charge on any atom is -0.395 e. The minimum atomic E-state index is -4.74. The predicted octanol–water partition coefficient (Wildman–Crippen LogP) is 2.41. The molecule has 16 heavy (non-hydrogen) atoms. The molecule has 0 bridgehead atoms. The van der Waals surface area contributed by atoms with E-state index in [-0.39, 0.29) is 11.6 Å². The van der Waals surface area contributed by atoms with E-state index in [1.54, 1.807) is 0 Å². The second-order valence-electron chi connectivity index (χ2n) is 2.97. The van der Waals surface area contributed by atoms with E-state index in [9.17, 15) is 22.4 Å². The molecule has 1 rings (SSSR count). The lowest BCUT2D eigenvalue weighted by atomic mass is 10.1. The van der Waals surface area contributed by atoms with E-state index in [2.05, 4.69) is 5.73 Å². The van der Waals surface area contributed by atoms with Crippen LogP contribution >= 0.6 is 0 Å². The summed E-state index contributed by atoms with van der Waals surface area (Å²) >= 11 is 0. The first-order chi connectivity index (χ1) is 7.30. The van der Waals surface area contributed by atoms with Gasteiger partial charge in [-0.15, -0.1) is 0 Å². The average molecular weight is 233 g/mol. The van der Waals surface area contributed by atoms with Gasteiger partial charge in [0.25, 0.3) is 0 Å². The summed E-state index contributed by atoms with van der Waals surface area (Å²) in [5.74, 6) is -1.50. The molecule has 2 N–H and O–H groups in total. The van der Waals surface area contributed by atoms with Crippen molar-refractivity contribution in [2.75, 3.05) is 0 Å². The first-order valence-corrected chi connectivity index (χ1v) is 4.15. The predicted molar refractivity (Wildman–Crippen MR) is 49.1 cm³/mol. The van der Waals surface area contributed by atoms with Crippen molar-refractivity contribution in [1.29, 1.82) is 0 Å². The minimum absolute atomic E-state index is 0.0615. The van der Waals surface area contributed by atoms with Crippen molar-refractivity contribution < 1.29 is 22.4 Å². The number of carbonyl (C=O) groups is 1. The highest BCUT2D eigenvalue weighted by atomic mass is 19.4. The first-order valence-electron chi connectivity index (χ1n) is 4.15. The zero-order chi connectivity index (χ0) is 12.3. The first kappa shape index (κ1) is 12.2. The quantitative estimate of drug-likeness (QED) is 0.484. The monoisotopic (exact) mass is 233 g/mol. The van der Waals surface area contributed by atoms with Gasteiger partial charge in [-0.2, -0.15) is 13.2 Å². The topological polar surface area (TPSA) is 43.1 Å². The molecule has 0 aliphatic carbocycles. The molecule has 0 fully saturated rings. The Bertz CT molecular complexity index is 419. The Morgan fingerprint density at radius 1 is 1.19 bits per heavy atom.